The zero-order chi connectivity index (χ0) is 12.1. The first-order valence-corrected chi connectivity index (χ1v) is 6.00. The van der Waals surface area contributed by atoms with Crippen LogP contribution in [0.15, 0.2) is 24.3 Å². The summed E-state index contributed by atoms with van der Waals surface area (Å²) in [6, 6.07) is 7.18. The minimum atomic E-state index is -0.0770. The maximum absolute atomic E-state index is 11.8. The minimum absolute atomic E-state index is 0.0498. The Kier molecular flexibility index (Phi) is 4.36. The lowest BCUT2D eigenvalue weighted by Gasteiger charge is -2.23. The van der Waals surface area contributed by atoms with Crippen molar-refractivity contribution in [3.63, 3.8) is 0 Å². The van der Waals surface area contributed by atoms with Gasteiger partial charge in [0.2, 0.25) is 5.91 Å². The van der Waals surface area contributed by atoms with Gasteiger partial charge in [0.15, 0.2) is 0 Å². The van der Waals surface area contributed by atoms with Crippen LogP contribution in [0.3, 0.4) is 0 Å². The fourth-order valence-corrected chi connectivity index (χ4v) is 1.90. The smallest absolute Gasteiger partial charge is 0.227 e. The summed E-state index contributed by atoms with van der Waals surface area (Å²) in [5.41, 5.74) is 0.642. The Labute approximate surface area is 105 Å². The van der Waals surface area contributed by atoms with Crippen LogP contribution in [0.2, 0.25) is 5.02 Å². The van der Waals surface area contributed by atoms with Crippen molar-refractivity contribution in [3.05, 3.63) is 29.3 Å². The number of ether oxygens (including phenoxy) is 1. The van der Waals surface area contributed by atoms with Crippen molar-refractivity contribution in [2.45, 2.75) is 12.5 Å². The summed E-state index contributed by atoms with van der Waals surface area (Å²) in [5, 5.41) is 6.51. The molecule has 0 radical (unpaired) electrons. The Hall–Kier alpha value is -1.10. The lowest BCUT2D eigenvalue weighted by Crippen LogP contribution is -2.40. The van der Waals surface area contributed by atoms with E-state index in [9.17, 15) is 4.79 Å². The second-order valence-electron chi connectivity index (χ2n) is 3.93. The van der Waals surface area contributed by atoms with Crippen LogP contribution in [0, 0.1) is 0 Å². The Bertz CT molecular complexity index is 392. The van der Waals surface area contributed by atoms with Crippen LogP contribution in [-0.4, -0.2) is 31.7 Å². The molecule has 1 unspecified atom stereocenters. The number of para-hydroxylation sites is 1. The molecule has 1 heterocycles. The van der Waals surface area contributed by atoms with Gasteiger partial charge in [-0.3, -0.25) is 4.79 Å². The number of nitrogens with one attached hydrogen (secondary N) is 2. The number of hydrogen-bond acceptors (Lipinski definition) is 3. The van der Waals surface area contributed by atoms with Crippen LogP contribution in [0.5, 0.6) is 0 Å². The average molecular weight is 255 g/mol. The summed E-state index contributed by atoms with van der Waals surface area (Å²) in [6.07, 6.45) is 0.296. The van der Waals surface area contributed by atoms with Gasteiger partial charge in [-0.15, -0.1) is 0 Å². The quantitative estimate of drug-likeness (QED) is 0.863. The number of carbonyl (C=O) groups is 1. The van der Waals surface area contributed by atoms with E-state index in [1.54, 1.807) is 12.1 Å². The number of carbonyl (C=O) groups excluding carboxylic acids is 1. The van der Waals surface area contributed by atoms with E-state index in [1.165, 1.54) is 0 Å². The predicted molar refractivity (Wildman–Crippen MR) is 67.3 cm³/mol. The first-order chi connectivity index (χ1) is 8.25. The molecule has 0 aromatic heterocycles. The van der Waals surface area contributed by atoms with Crippen molar-refractivity contribution in [1.29, 1.82) is 0 Å². The highest BCUT2D eigenvalue weighted by atomic mass is 35.5. The molecule has 0 aliphatic carbocycles. The summed E-state index contributed by atoms with van der Waals surface area (Å²) in [4.78, 5) is 11.8. The molecule has 1 aliphatic heterocycles. The number of morpholine rings is 1. The van der Waals surface area contributed by atoms with Gasteiger partial charge < -0.3 is 15.4 Å². The molecule has 1 amide bonds. The van der Waals surface area contributed by atoms with E-state index in [1.807, 2.05) is 12.1 Å². The molecular formula is C12H15ClN2O2. The zero-order valence-electron chi connectivity index (χ0n) is 9.41. The first kappa shape index (κ1) is 12.4. The molecule has 17 heavy (non-hydrogen) atoms. The number of benzene rings is 1. The molecule has 1 aromatic rings. The molecule has 0 spiro atoms. The summed E-state index contributed by atoms with van der Waals surface area (Å²) >= 11 is 5.95. The topological polar surface area (TPSA) is 50.4 Å². The second-order valence-corrected chi connectivity index (χ2v) is 4.34. The molecule has 0 saturated carbocycles. The fourth-order valence-electron chi connectivity index (χ4n) is 1.72. The van der Waals surface area contributed by atoms with Crippen LogP contribution in [0.1, 0.15) is 6.42 Å². The molecule has 0 bridgehead atoms. The van der Waals surface area contributed by atoms with Crippen molar-refractivity contribution in [1.82, 2.24) is 5.32 Å². The third kappa shape index (κ3) is 3.70. The lowest BCUT2D eigenvalue weighted by molar-refractivity contribution is -0.119. The van der Waals surface area contributed by atoms with Gasteiger partial charge in [-0.2, -0.15) is 0 Å². The van der Waals surface area contributed by atoms with E-state index >= 15 is 0 Å². The standard InChI is InChI=1S/C12H15ClN2O2/c13-10-3-1-2-4-11(10)15-12(16)7-9-8-14-5-6-17-9/h1-4,9,14H,5-8H2,(H,15,16). The van der Waals surface area contributed by atoms with Crippen LogP contribution in [0.25, 0.3) is 0 Å². The van der Waals surface area contributed by atoms with Gasteiger partial charge >= 0.3 is 0 Å². The molecule has 2 N–H and O–H groups in total. The summed E-state index contributed by atoms with van der Waals surface area (Å²) in [7, 11) is 0. The molecule has 4 nitrogen and oxygen atoms in total. The van der Waals surface area contributed by atoms with Crippen LogP contribution in [-0.2, 0) is 9.53 Å². The van der Waals surface area contributed by atoms with Crippen molar-refractivity contribution < 1.29 is 9.53 Å². The molecule has 1 atom stereocenters. The number of rotatable bonds is 3. The monoisotopic (exact) mass is 254 g/mol. The van der Waals surface area contributed by atoms with Gasteiger partial charge in [-0.25, -0.2) is 0 Å². The van der Waals surface area contributed by atoms with E-state index < -0.39 is 0 Å². The van der Waals surface area contributed by atoms with Gasteiger partial charge in [-0.1, -0.05) is 23.7 Å². The van der Waals surface area contributed by atoms with Crippen LogP contribution in [0.4, 0.5) is 5.69 Å². The van der Waals surface area contributed by atoms with Crippen LogP contribution < -0.4 is 10.6 Å². The molecule has 92 valence electrons. The maximum Gasteiger partial charge on any atom is 0.227 e. The van der Waals surface area contributed by atoms with Gasteiger partial charge in [0.05, 0.1) is 29.8 Å². The van der Waals surface area contributed by atoms with Gasteiger partial charge in [0, 0.05) is 13.1 Å². The number of halogens is 1. The van der Waals surface area contributed by atoms with Crippen molar-refractivity contribution in [2.24, 2.45) is 0 Å². The molecule has 1 aliphatic rings. The van der Waals surface area contributed by atoms with E-state index in [2.05, 4.69) is 10.6 Å². The van der Waals surface area contributed by atoms with Gasteiger partial charge in [0.1, 0.15) is 0 Å². The van der Waals surface area contributed by atoms with Crippen molar-refractivity contribution in [2.75, 3.05) is 25.0 Å². The largest absolute Gasteiger partial charge is 0.375 e. The minimum Gasteiger partial charge on any atom is -0.375 e. The molecule has 1 fully saturated rings. The van der Waals surface area contributed by atoms with E-state index in [0.29, 0.717) is 23.7 Å². The molecule has 5 heteroatoms. The van der Waals surface area contributed by atoms with Crippen molar-refractivity contribution in [3.8, 4) is 0 Å². The number of hydrogen-bond donors (Lipinski definition) is 2. The summed E-state index contributed by atoms with van der Waals surface area (Å²) in [6.45, 7) is 2.22. The Morgan fingerprint density at radius 1 is 1.53 bits per heavy atom. The van der Waals surface area contributed by atoms with E-state index in [0.717, 1.165) is 13.1 Å². The van der Waals surface area contributed by atoms with Gasteiger partial charge in [0.25, 0.3) is 0 Å². The highest BCUT2D eigenvalue weighted by Crippen LogP contribution is 2.20. The Balaban J connectivity index is 1.86. The van der Waals surface area contributed by atoms with Crippen LogP contribution >= 0.6 is 11.6 Å². The highest BCUT2D eigenvalue weighted by molar-refractivity contribution is 6.33. The summed E-state index contributed by atoms with van der Waals surface area (Å²) in [5.74, 6) is -0.0770. The Morgan fingerprint density at radius 3 is 3.06 bits per heavy atom. The van der Waals surface area contributed by atoms with E-state index in [-0.39, 0.29) is 12.0 Å². The Morgan fingerprint density at radius 2 is 2.35 bits per heavy atom. The summed E-state index contributed by atoms with van der Waals surface area (Å²) < 4.78 is 5.46. The molecule has 1 saturated heterocycles. The number of anilines is 1. The lowest BCUT2D eigenvalue weighted by atomic mass is 10.2. The third-order valence-corrected chi connectivity index (χ3v) is 2.90. The third-order valence-electron chi connectivity index (χ3n) is 2.57. The molecule has 2 rings (SSSR count). The van der Waals surface area contributed by atoms with E-state index in [4.69, 9.17) is 16.3 Å². The second kappa shape index (κ2) is 6.00. The average Bonchev–Trinajstić information content (AvgIpc) is 2.33. The molecular weight excluding hydrogens is 240 g/mol. The predicted octanol–water partition coefficient (Wildman–Crippen LogP) is 1.66. The van der Waals surface area contributed by atoms with Crippen molar-refractivity contribution >= 4 is 23.2 Å². The SMILES string of the molecule is O=C(CC1CNCCO1)Nc1ccccc1Cl. The number of amides is 1. The maximum atomic E-state index is 11.8. The molecule has 1 aromatic carbocycles. The normalized spacial score (nSPS) is 19.9. The first-order valence-electron chi connectivity index (χ1n) is 5.62. The van der Waals surface area contributed by atoms with Gasteiger partial charge in [-0.05, 0) is 12.1 Å². The highest BCUT2D eigenvalue weighted by Gasteiger charge is 2.17. The fraction of sp³-hybridized carbons (Fsp3) is 0.417. The zero-order valence-corrected chi connectivity index (χ0v) is 10.2.